The molecule has 1 unspecified atom stereocenters. The standard InChI is InChI=1S/C21H26N4O2/c1-15-4-3-5-18(14-15)23-10-12-24(13-11-23)21(27)16(2)25-20(26)9-8-19(22-25)17-6-7-17/h3-5,8-9,14,16-17H,6-7,10-13H2,1-2H3. The minimum atomic E-state index is -0.568. The molecule has 0 bridgehead atoms. The highest BCUT2D eigenvalue weighted by Crippen LogP contribution is 2.38. The number of hydrogen-bond donors (Lipinski definition) is 0. The Bertz CT molecular complexity index is 895. The lowest BCUT2D eigenvalue weighted by molar-refractivity contribution is -0.135. The largest absolute Gasteiger partial charge is 0.368 e. The second kappa shape index (κ2) is 7.18. The summed E-state index contributed by atoms with van der Waals surface area (Å²) in [6.07, 6.45) is 2.24. The van der Waals surface area contributed by atoms with Crippen LogP contribution in [0.3, 0.4) is 0 Å². The number of hydrogen-bond acceptors (Lipinski definition) is 4. The number of aryl methyl sites for hydroxylation is 1. The molecule has 2 aromatic rings. The van der Waals surface area contributed by atoms with Crippen LogP contribution in [-0.4, -0.2) is 46.8 Å². The zero-order valence-electron chi connectivity index (χ0n) is 16.0. The van der Waals surface area contributed by atoms with Gasteiger partial charge in [-0.2, -0.15) is 5.10 Å². The molecule has 1 aromatic carbocycles. The molecule has 1 saturated heterocycles. The first kappa shape index (κ1) is 17.8. The maximum atomic E-state index is 13.0. The highest BCUT2D eigenvalue weighted by molar-refractivity contribution is 5.80. The molecule has 1 saturated carbocycles. The van der Waals surface area contributed by atoms with E-state index in [0.29, 0.717) is 19.0 Å². The van der Waals surface area contributed by atoms with Gasteiger partial charge in [-0.25, -0.2) is 4.68 Å². The van der Waals surface area contributed by atoms with Gasteiger partial charge in [0, 0.05) is 43.9 Å². The molecule has 1 aromatic heterocycles. The fourth-order valence-electron chi connectivity index (χ4n) is 3.69. The van der Waals surface area contributed by atoms with Crippen molar-refractivity contribution in [2.75, 3.05) is 31.1 Å². The highest BCUT2D eigenvalue weighted by Gasteiger charge is 2.29. The Hall–Kier alpha value is -2.63. The zero-order valence-corrected chi connectivity index (χ0v) is 16.0. The number of benzene rings is 1. The first-order valence-electron chi connectivity index (χ1n) is 9.73. The third-order valence-corrected chi connectivity index (χ3v) is 5.52. The summed E-state index contributed by atoms with van der Waals surface area (Å²) in [6.45, 7) is 6.78. The second-order valence-corrected chi connectivity index (χ2v) is 7.64. The van der Waals surface area contributed by atoms with Gasteiger partial charge in [0.2, 0.25) is 5.91 Å². The topological polar surface area (TPSA) is 58.4 Å². The molecule has 2 heterocycles. The molecule has 0 N–H and O–H groups in total. The maximum absolute atomic E-state index is 13.0. The number of amides is 1. The molecular weight excluding hydrogens is 340 g/mol. The van der Waals surface area contributed by atoms with Crippen LogP contribution in [0.2, 0.25) is 0 Å². The van der Waals surface area contributed by atoms with Gasteiger partial charge in [-0.15, -0.1) is 0 Å². The van der Waals surface area contributed by atoms with Gasteiger partial charge in [0.25, 0.3) is 5.56 Å². The molecule has 0 spiro atoms. The van der Waals surface area contributed by atoms with Crippen LogP contribution in [0.4, 0.5) is 5.69 Å². The van der Waals surface area contributed by atoms with Crippen LogP contribution in [-0.2, 0) is 4.79 Å². The summed E-state index contributed by atoms with van der Waals surface area (Å²) < 4.78 is 1.36. The van der Waals surface area contributed by atoms with Gasteiger partial charge < -0.3 is 9.80 Å². The average molecular weight is 366 g/mol. The number of rotatable bonds is 4. The minimum Gasteiger partial charge on any atom is -0.368 e. The Kier molecular flexibility index (Phi) is 4.72. The lowest BCUT2D eigenvalue weighted by atomic mass is 10.2. The lowest BCUT2D eigenvalue weighted by Gasteiger charge is -2.37. The van der Waals surface area contributed by atoms with E-state index in [1.165, 1.54) is 15.9 Å². The molecule has 1 amide bonds. The third-order valence-electron chi connectivity index (χ3n) is 5.52. The first-order chi connectivity index (χ1) is 13.0. The van der Waals surface area contributed by atoms with Crippen LogP contribution >= 0.6 is 0 Å². The minimum absolute atomic E-state index is 0.0264. The van der Waals surface area contributed by atoms with Crippen molar-refractivity contribution in [1.29, 1.82) is 0 Å². The van der Waals surface area contributed by atoms with Crippen molar-refractivity contribution in [1.82, 2.24) is 14.7 Å². The van der Waals surface area contributed by atoms with Gasteiger partial charge in [-0.3, -0.25) is 9.59 Å². The van der Waals surface area contributed by atoms with E-state index in [0.717, 1.165) is 31.6 Å². The summed E-state index contributed by atoms with van der Waals surface area (Å²) in [6, 6.07) is 11.2. The molecule has 1 atom stereocenters. The van der Waals surface area contributed by atoms with E-state index in [1.807, 2.05) is 4.90 Å². The second-order valence-electron chi connectivity index (χ2n) is 7.64. The van der Waals surface area contributed by atoms with Crippen molar-refractivity contribution in [3.8, 4) is 0 Å². The van der Waals surface area contributed by atoms with Gasteiger partial charge in [0.15, 0.2) is 0 Å². The predicted molar refractivity (Wildman–Crippen MR) is 105 cm³/mol. The van der Waals surface area contributed by atoms with E-state index in [-0.39, 0.29) is 11.5 Å². The Morgan fingerprint density at radius 1 is 1.11 bits per heavy atom. The molecule has 2 aliphatic rings. The van der Waals surface area contributed by atoms with Crippen LogP contribution in [0, 0.1) is 6.92 Å². The molecule has 27 heavy (non-hydrogen) atoms. The number of piperazine rings is 1. The van der Waals surface area contributed by atoms with E-state index >= 15 is 0 Å². The normalized spacial score (nSPS) is 18.4. The Morgan fingerprint density at radius 3 is 2.52 bits per heavy atom. The van der Waals surface area contributed by atoms with Crippen molar-refractivity contribution < 1.29 is 4.79 Å². The van der Waals surface area contributed by atoms with Crippen LogP contribution in [0.1, 0.15) is 43.0 Å². The molecular formula is C21H26N4O2. The maximum Gasteiger partial charge on any atom is 0.267 e. The number of carbonyl (C=O) groups excluding carboxylic acids is 1. The van der Waals surface area contributed by atoms with Crippen molar-refractivity contribution in [3.05, 3.63) is 58.0 Å². The van der Waals surface area contributed by atoms with Crippen LogP contribution < -0.4 is 10.5 Å². The summed E-state index contributed by atoms with van der Waals surface area (Å²) in [5, 5.41) is 4.47. The number of nitrogens with zero attached hydrogens (tertiary/aromatic N) is 4. The third kappa shape index (κ3) is 3.75. The molecule has 1 aliphatic heterocycles. The van der Waals surface area contributed by atoms with Gasteiger partial charge in [0.1, 0.15) is 6.04 Å². The van der Waals surface area contributed by atoms with E-state index in [4.69, 9.17) is 0 Å². The Labute approximate surface area is 159 Å². The fraction of sp³-hybridized carbons (Fsp3) is 0.476. The summed E-state index contributed by atoms with van der Waals surface area (Å²) in [4.78, 5) is 29.3. The number of aromatic nitrogens is 2. The van der Waals surface area contributed by atoms with Crippen molar-refractivity contribution in [3.63, 3.8) is 0 Å². The smallest absolute Gasteiger partial charge is 0.267 e. The first-order valence-corrected chi connectivity index (χ1v) is 9.73. The molecule has 0 radical (unpaired) electrons. The molecule has 2 fully saturated rings. The summed E-state index contributed by atoms with van der Waals surface area (Å²) >= 11 is 0. The van der Waals surface area contributed by atoms with Gasteiger partial charge in [-0.1, -0.05) is 12.1 Å². The van der Waals surface area contributed by atoms with Gasteiger partial charge in [0.05, 0.1) is 5.69 Å². The van der Waals surface area contributed by atoms with Gasteiger partial charge >= 0.3 is 0 Å². The number of anilines is 1. The highest BCUT2D eigenvalue weighted by atomic mass is 16.2. The zero-order chi connectivity index (χ0) is 19.0. The van der Waals surface area contributed by atoms with E-state index in [2.05, 4.69) is 41.2 Å². The molecule has 6 heteroatoms. The van der Waals surface area contributed by atoms with Crippen LogP contribution in [0.5, 0.6) is 0 Å². The summed E-state index contributed by atoms with van der Waals surface area (Å²) in [5.41, 5.74) is 3.16. The molecule has 142 valence electrons. The summed E-state index contributed by atoms with van der Waals surface area (Å²) in [7, 11) is 0. The van der Waals surface area contributed by atoms with Gasteiger partial charge in [-0.05, 0) is 50.5 Å². The Morgan fingerprint density at radius 2 is 1.85 bits per heavy atom. The number of carbonyl (C=O) groups is 1. The molecule has 1 aliphatic carbocycles. The van der Waals surface area contributed by atoms with E-state index < -0.39 is 6.04 Å². The summed E-state index contributed by atoms with van der Waals surface area (Å²) in [5.74, 6) is 0.429. The van der Waals surface area contributed by atoms with E-state index in [9.17, 15) is 9.59 Å². The Balaban J connectivity index is 1.43. The van der Waals surface area contributed by atoms with Crippen LogP contribution in [0.15, 0.2) is 41.2 Å². The molecule has 6 nitrogen and oxygen atoms in total. The van der Waals surface area contributed by atoms with Crippen molar-refractivity contribution >= 4 is 11.6 Å². The monoisotopic (exact) mass is 366 g/mol. The molecule has 4 rings (SSSR count). The van der Waals surface area contributed by atoms with Crippen LogP contribution in [0.25, 0.3) is 0 Å². The van der Waals surface area contributed by atoms with E-state index in [1.54, 1.807) is 19.1 Å². The lowest BCUT2D eigenvalue weighted by Crippen LogP contribution is -2.51. The average Bonchev–Trinajstić information content (AvgIpc) is 3.53. The SMILES string of the molecule is Cc1cccc(N2CCN(C(=O)C(C)n3nc(C4CC4)ccc3=O)CC2)c1. The fourth-order valence-corrected chi connectivity index (χ4v) is 3.69. The van der Waals surface area contributed by atoms with Crippen molar-refractivity contribution in [2.24, 2.45) is 0 Å². The predicted octanol–water partition coefficient (Wildman–Crippen LogP) is 2.34. The quantitative estimate of drug-likeness (QED) is 0.833. The van der Waals surface area contributed by atoms with Crippen molar-refractivity contribution in [2.45, 2.75) is 38.6 Å².